The molecule has 8 N–H and O–H groups in total. The van der Waals surface area contributed by atoms with Crippen LogP contribution in [-0.2, 0) is 28.5 Å². The second kappa shape index (κ2) is 33.9. The minimum absolute atomic E-state index is 0.108. The van der Waals surface area contributed by atoms with Gasteiger partial charge in [0.1, 0.15) is 49.3 Å². The lowest BCUT2D eigenvalue weighted by Gasteiger charge is -2.43. The Labute approximate surface area is 348 Å². The second-order valence-corrected chi connectivity index (χ2v) is 16.1. The number of carbonyl (C=O) groups excluding carboxylic acids is 1. The van der Waals surface area contributed by atoms with Crippen LogP contribution in [0.5, 0.6) is 0 Å². The van der Waals surface area contributed by atoms with Crippen molar-refractivity contribution in [2.45, 2.75) is 236 Å². The van der Waals surface area contributed by atoms with Crippen LogP contribution < -0.4 is 0 Å². The Morgan fingerprint density at radius 2 is 1.02 bits per heavy atom. The van der Waals surface area contributed by atoms with Gasteiger partial charge in [-0.25, -0.2) is 0 Å². The molecule has 2 saturated heterocycles. The summed E-state index contributed by atoms with van der Waals surface area (Å²) >= 11 is 0. The van der Waals surface area contributed by atoms with E-state index in [0.29, 0.717) is 12.8 Å². The lowest BCUT2D eigenvalue weighted by atomic mass is 9.99. The van der Waals surface area contributed by atoms with Crippen molar-refractivity contribution < 1.29 is 69.4 Å². The molecule has 0 aliphatic carbocycles. The number of aliphatic carboxylic acids is 1. The van der Waals surface area contributed by atoms with Crippen molar-refractivity contribution in [2.24, 2.45) is 0 Å². The minimum atomic E-state index is -2.25. The zero-order valence-electron chi connectivity index (χ0n) is 35.8. The molecule has 0 aromatic rings. The van der Waals surface area contributed by atoms with E-state index in [1.807, 2.05) is 0 Å². The monoisotopic (exact) mass is 835 g/mol. The van der Waals surface area contributed by atoms with Gasteiger partial charge in [0.05, 0.1) is 13.2 Å². The average Bonchev–Trinajstić information content (AvgIpc) is 3.45. The zero-order chi connectivity index (χ0) is 43.0. The van der Waals surface area contributed by atoms with Gasteiger partial charge < -0.3 is 59.8 Å². The summed E-state index contributed by atoms with van der Waals surface area (Å²) in [6.45, 7) is 2.36. The molecule has 2 aliphatic rings. The molecule has 0 amide bonds. The van der Waals surface area contributed by atoms with Crippen LogP contribution in [0.25, 0.3) is 0 Å². The predicted molar refractivity (Wildman–Crippen MR) is 221 cm³/mol. The zero-order valence-corrected chi connectivity index (χ0v) is 35.8. The number of carbonyl (C=O) groups is 2. The van der Waals surface area contributed by atoms with Crippen molar-refractivity contribution in [3.05, 3.63) is 12.2 Å². The van der Waals surface area contributed by atoms with Crippen molar-refractivity contribution >= 4 is 11.9 Å². The summed E-state index contributed by atoms with van der Waals surface area (Å²) in [5.74, 6) is -3.50. The molecule has 14 heteroatoms. The highest BCUT2D eigenvalue weighted by Gasteiger charge is 2.59. The number of esters is 1. The first-order chi connectivity index (χ1) is 28.0. The maximum Gasteiger partial charge on any atom is 0.305 e. The molecule has 2 fully saturated rings. The number of carboxylic acids is 1. The Kier molecular flexibility index (Phi) is 31.8. The summed E-state index contributed by atoms with van der Waals surface area (Å²) < 4.78 is 21.8. The maximum absolute atomic E-state index is 12.4. The topological polar surface area (TPSA) is 233 Å². The summed E-state index contributed by atoms with van der Waals surface area (Å²) in [5.41, 5.74) is 0. The Hall–Kier alpha value is -1.72. The van der Waals surface area contributed by atoms with Crippen LogP contribution in [0.1, 0.15) is 181 Å². The molecular weight excluding hydrogens is 752 g/mol. The van der Waals surface area contributed by atoms with Crippen LogP contribution >= 0.6 is 0 Å². The first-order valence-electron chi connectivity index (χ1n) is 22.6. The summed E-state index contributed by atoms with van der Waals surface area (Å²) in [5, 5.41) is 78.8. The molecule has 0 aromatic heterocycles. The number of allylic oxidation sites excluding steroid dienone is 2. The summed E-state index contributed by atoms with van der Waals surface area (Å²) in [4.78, 5) is 22.7. The molecular formula is C44H82O14. The lowest BCUT2D eigenvalue weighted by molar-refractivity contribution is -0.383. The maximum atomic E-state index is 12.4. The van der Waals surface area contributed by atoms with E-state index in [9.17, 15) is 45.3 Å². The van der Waals surface area contributed by atoms with E-state index in [4.69, 9.17) is 24.1 Å². The first kappa shape index (κ1) is 54.3. The number of hydrogen-bond acceptors (Lipinski definition) is 13. The highest BCUT2D eigenvalue weighted by Crippen LogP contribution is 2.37. The third kappa shape index (κ3) is 22.8. The van der Waals surface area contributed by atoms with E-state index in [0.717, 1.165) is 51.4 Å². The number of ether oxygens (including phenoxy) is 4. The Morgan fingerprint density at radius 1 is 0.569 bits per heavy atom. The molecule has 2 rings (SSSR count). The number of rotatable bonds is 33. The largest absolute Gasteiger partial charge is 0.481 e. The summed E-state index contributed by atoms with van der Waals surface area (Å²) in [6.07, 6.45) is 20.6. The average molecular weight is 835 g/mol. The van der Waals surface area contributed by atoms with Gasteiger partial charge in [-0.2, -0.15) is 0 Å². The number of aliphatic hydroxyl groups excluding tert-OH is 7. The second-order valence-electron chi connectivity index (χ2n) is 16.1. The van der Waals surface area contributed by atoms with E-state index in [-0.39, 0.29) is 6.42 Å². The molecule has 2 aliphatic heterocycles. The Balaban J connectivity index is 0.000000883. The van der Waals surface area contributed by atoms with Gasteiger partial charge in [0, 0.05) is 12.8 Å². The fourth-order valence-electron chi connectivity index (χ4n) is 7.15. The molecule has 14 nitrogen and oxygen atoms in total. The number of unbranched alkanes of at least 4 members (excludes halogenated alkanes) is 21. The van der Waals surface area contributed by atoms with Crippen LogP contribution in [0.15, 0.2) is 12.2 Å². The van der Waals surface area contributed by atoms with Gasteiger partial charge in [0.2, 0.25) is 5.79 Å². The van der Waals surface area contributed by atoms with E-state index < -0.39 is 86.6 Å². The van der Waals surface area contributed by atoms with Crippen LogP contribution in [-0.4, -0.2) is 127 Å². The van der Waals surface area contributed by atoms with E-state index in [1.165, 1.54) is 96.3 Å². The number of hydrogen-bond donors (Lipinski definition) is 8. The van der Waals surface area contributed by atoms with Gasteiger partial charge in [-0.3, -0.25) is 9.59 Å². The van der Waals surface area contributed by atoms with Gasteiger partial charge >= 0.3 is 11.9 Å². The molecule has 342 valence electrons. The third-order valence-corrected chi connectivity index (χ3v) is 10.9. The van der Waals surface area contributed by atoms with Gasteiger partial charge in [0.25, 0.3) is 0 Å². The molecule has 0 radical (unpaired) electrons. The standard InChI is InChI=1S/C30H54O12.C14H28O2/c1-2-3-4-5-6-7-8-9-10-11-12-13-14-15-16-17-23(33)39-20-30(28(38)25(35)22(19-32)41-30)42-29-27(37)26(36)24(34)21(18-31)40-29;1-2-3-4-5-6-7-8-9-10-11-12-13-14(15)16/h9-10,21-22,24-29,31-32,34-38H,2-8,11-20H2,1H3;2-13H2,1H3,(H,15,16)/b10-9-;/t21-,22-,24-,25-,26+,27-,28+,29-,30+;/m1./s1. The van der Waals surface area contributed by atoms with Crippen molar-refractivity contribution in [1.29, 1.82) is 0 Å². The fraction of sp³-hybridized carbons (Fsp3) is 0.909. The molecule has 0 unspecified atom stereocenters. The lowest BCUT2D eigenvalue weighted by Crippen LogP contribution is -2.62. The highest BCUT2D eigenvalue weighted by atomic mass is 16.8. The Morgan fingerprint density at radius 3 is 1.47 bits per heavy atom. The number of carboxylic acid groups (broad SMARTS) is 1. The first-order valence-corrected chi connectivity index (χ1v) is 22.6. The van der Waals surface area contributed by atoms with Crippen molar-refractivity contribution in [2.75, 3.05) is 19.8 Å². The molecule has 58 heavy (non-hydrogen) atoms. The normalized spacial score (nSPS) is 27.1. The van der Waals surface area contributed by atoms with Gasteiger partial charge in [-0.15, -0.1) is 0 Å². The van der Waals surface area contributed by atoms with Gasteiger partial charge in [-0.1, -0.05) is 142 Å². The molecule has 0 spiro atoms. The molecule has 0 saturated carbocycles. The van der Waals surface area contributed by atoms with Crippen LogP contribution in [0.3, 0.4) is 0 Å². The van der Waals surface area contributed by atoms with Crippen LogP contribution in [0.2, 0.25) is 0 Å². The summed E-state index contributed by atoms with van der Waals surface area (Å²) in [7, 11) is 0. The van der Waals surface area contributed by atoms with E-state index in [1.54, 1.807) is 0 Å². The molecule has 9 atom stereocenters. The van der Waals surface area contributed by atoms with Crippen molar-refractivity contribution in [3.63, 3.8) is 0 Å². The van der Waals surface area contributed by atoms with Crippen LogP contribution in [0.4, 0.5) is 0 Å². The fourth-order valence-corrected chi connectivity index (χ4v) is 7.15. The van der Waals surface area contributed by atoms with E-state index in [2.05, 4.69) is 26.0 Å². The smallest absolute Gasteiger partial charge is 0.305 e. The third-order valence-electron chi connectivity index (χ3n) is 10.9. The van der Waals surface area contributed by atoms with Gasteiger partial charge in [0.15, 0.2) is 6.29 Å². The molecule has 2 heterocycles. The van der Waals surface area contributed by atoms with Crippen molar-refractivity contribution in [1.82, 2.24) is 0 Å². The van der Waals surface area contributed by atoms with Crippen molar-refractivity contribution in [3.8, 4) is 0 Å². The highest BCUT2D eigenvalue weighted by molar-refractivity contribution is 5.69. The van der Waals surface area contributed by atoms with Crippen LogP contribution in [0, 0.1) is 0 Å². The predicted octanol–water partition coefficient (Wildman–Crippen LogP) is 5.96. The minimum Gasteiger partial charge on any atom is -0.481 e. The molecule has 0 bridgehead atoms. The summed E-state index contributed by atoms with van der Waals surface area (Å²) in [6, 6.07) is 0. The number of aliphatic hydroxyl groups is 7. The SMILES string of the molecule is CCCCCCCC/C=C\CCCCCCCC(=O)OC[C@@]1(O[C@H]2O[C@H](CO)[C@@H](O)[C@H](O)[C@H]2O)O[C@H](CO)[C@@H](O)[C@@H]1O.CCCCCCCCCCCCCC(=O)O. The quantitative estimate of drug-likeness (QED) is 0.0217. The Bertz CT molecular complexity index is 1040. The molecule has 0 aromatic carbocycles. The van der Waals surface area contributed by atoms with Gasteiger partial charge in [-0.05, 0) is 38.5 Å². The van der Waals surface area contributed by atoms with E-state index >= 15 is 0 Å².